The van der Waals surface area contributed by atoms with E-state index in [1.807, 2.05) is 45.0 Å². The predicted molar refractivity (Wildman–Crippen MR) is 101 cm³/mol. The van der Waals surface area contributed by atoms with E-state index in [1.165, 1.54) is 0 Å². The number of alkyl carbamates (subject to hydrolysis) is 1. The van der Waals surface area contributed by atoms with E-state index < -0.39 is 5.60 Å². The number of benzene rings is 1. The van der Waals surface area contributed by atoms with Gasteiger partial charge in [0, 0.05) is 24.5 Å². The minimum absolute atomic E-state index is 0.0370. The van der Waals surface area contributed by atoms with E-state index in [-0.39, 0.29) is 12.1 Å². The summed E-state index contributed by atoms with van der Waals surface area (Å²) >= 11 is 0. The molecule has 1 aromatic heterocycles. The fraction of sp³-hybridized carbons (Fsp3) is 0.474. The molecule has 0 bridgehead atoms. The van der Waals surface area contributed by atoms with Gasteiger partial charge in [0.15, 0.2) is 0 Å². The van der Waals surface area contributed by atoms with Crippen LogP contribution in [0.25, 0.3) is 10.9 Å². The van der Waals surface area contributed by atoms with Crippen molar-refractivity contribution in [3.05, 3.63) is 30.5 Å². The van der Waals surface area contributed by atoms with Gasteiger partial charge in [-0.05, 0) is 39.7 Å². The summed E-state index contributed by atoms with van der Waals surface area (Å²) in [5.41, 5.74) is 8.33. The first-order chi connectivity index (χ1) is 11.8. The highest BCUT2D eigenvalue weighted by Gasteiger charge is 2.26. The van der Waals surface area contributed by atoms with Crippen LogP contribution in [0.15, 0.2) is 30.5 Å². The number of para-hydroxylation sites is 1. The smallest absolute Gasteiger partial charge is 0.407 e. The summed E-state index contributed by atoms with van der Waals surface area (Å²) < 4.78 is 5.37. The lowest BCUT2D eigenvalue weighted by Gasteiger charge is -2.36. The maximum Gasteiger partial charge on any atom is 0.407 e. The summed E-state index contributed by atoms with van der Waals surface area (Å²) in [7, 11) is 0. The van der Waals surface area contributed by atoms with Gasteiger partial charge in [-0.15, -0.1) is 0 Å². The molecular weight excluding hydrogens is 316 g/mol. The number of nitrogens with one attached hydrogen (secondary N) is 1. The molecule has 1 atom stereocenters. The number of ether oxygens (including phenoxy) is 1. The molecule has 1 amide bonds. The Labute approximate surface area is 148 Å². The molecule has 2 aromatic rings. The molecular formula is C19H26N4O2. The highest BCUT2D eigenvalue weighted by molar-refractivity contribution is 5.97. The molecule has 6 nitrogen and oxygen atoms in total. The second-order valence-electron chi connectivity index (χ2n) is 7.51. The molecule has 1 fully saturated rings. The van der Waals surface area contributed by atoms with E-state index in [4.69, 9.17) is 10.5 Å². The Morgan fingerprint density at radius 3 is 2.88 bits per heavy atom. The number of carbonyl (C=O) groups is 1. The van der Waals surface area contributed by atoms with Gasteiger partial charge >= 0.3 is 6.09 Å². The number of nitrogens with two attached hydrogens (primary N) is 1. The van der Waals surface area contributed by atoms with Crippen molar-refractivity contribution in [3.8, 4) is 0 Å². The first kappa shape index (κ1) is 17.3. The van der Waals surface area contributed by atoms with Crippen molar-refractivity contribution in [1.29, 1.82) is 0 Å². The molecule has 1 aliphatic rings. The number of piperidine rings is 1. The second kappa shape index (κ2) is 6.78. The van der Waals surface area contributed by atoms with Crippen molar-refractivity contribution in [2.45, 2.75) is 45.3 Å². The van der Waals surface area contributed by atoms with E-state index >= 15 is 0 Å². The highest BCUT2D eigenvalue weighted by Crippen LogP contribution is 2.33. The molecule has 3 rings (SSSR count). The van der Waals surface area contributed by atoms with Crippen LogP contribution in [0, 0.1) is 0 Å². The Balaban J connectivity index is 1.78. The van der Waals surface area contributed by atoms with Crippen LogP contribution in [0.2, 0.25) is 0 Å². The van der Waals surface area contributed by atoms with E-state index in [0.717, 1.165) is 36.0 Å². The van der Waals surface area contributed by atoms with Gasteiger partial charge in [0.1, 0.15) is 5.60 Å². The maximum absolute atomic E-state index is 12.1. The van der Waals surface area contributed by atoms with E-state index in [9.17, 15) is 4.79 Å². The molecule has 25 heavy (non-hydrogen) atoms. The summed E-state index contributed by atoms with van der Waals surface area (Å²) in [6.45, 7) is 7.21. The minimum atomic E-state index is -0.496. The highest BCUT2D eigenvalue weighted by atomic mass is 16.6. The number of rotatable bonds is 2. The fourth-order valence-electron chi connectivity index (χ4n) is 3.27. The molecule has 0 spiro atoms. The number of aromatic nitrogens is 1. The molecule has 1 aliphatic heterocycles. The van der Waals surface area contributed by atoms with Crippen LogP contribution in [0.3, 0.4) is 0 Å². The van der Waals surface area contributed by atoms with Crippen molar-refractivity contribution in [2.24, 2.45) is 0 Å². The Bertz CT molecular complexity index is 770. The van der Waals surface area contributed by atoms with Gasteiger partial charge in [0.2, 0.25) is 0 Å². The van der Waals surface area contributed by atoms with Crippen LogP contribution in [0.4, 0.5) is 16.2 Å². The molecule has 0 aliphatic carbocycles. The van der Waals surface area contributed by atoms with Crippen LogP contribution >= 0.6 is 0 Å². The van der Waals surface area contributed by atoms with E-state index in [1.54, 1.807) is 6.20 Å². The molecule has 2 heterocycles. The zero-order valence-electron chi connectivity index (χ0n) is 15.1. The van der Waals surface area contributed by atoms with Crippen molar-refractivity contribution in [3.63, 3.8) is 0 Å². The van der Waals surface area contributed by atoms with Crippen LogP contribution in [0.1, 0.15) is 33.6 Å². The molecule has 0 saturated carbocycles. The number of carbonyl (C=O) groups excluding carboxylic acids is 1. The molecule has 1 saturated heterocycles. The van der Waals surface area contributed by atoms with Gasteiger partial charge in [-0.25, -0.2) is 4.79 Å². The van der Waals surface area contributed by atoms with E-state index in [2.05, 4.69) is 15.2 Å². The average molecular weight is 342 g/mol. The summed E-state index contributed by atoms with van der Waals surface area (Å²) in [6.07, 6.45) is 3.25. The molecule has 1 unspecified atom stereocenters. The van der Waals surface area contributed by atoms with Crippen LogP contribution in [-0.2, 0) is 4.74 Å². The maximum atomic E-state index is 12.1. The molecule has 0 radical (unpaired) electrons. The number of amides is 1. The zero-order chi connectivity index (χ0) is 18.0. The number of pyridine rings is 1. The number of hydrogen-bond acceptors (Lipinski definition) is 5. The first-order valence-electron chi connectivity index (χ1n) is 8.71. The minimum Gasteiger partial charge on any atom is -0.444 e. The van der Waals surface area contributed by atoms with Crippen molar-refractivity contribution in [1.82, 2.24) is 10.3 Å². The van der Waals surface area contributed by atoms with Gasteiger partial charge in [-0.3, -0.25) is 4.98 Å². The lowest BCUT2D eigenvalue weighted by atomic mass is 10.0. The number of hydrogen-bond donors (Lipinski definition) is 2. The normalized spacial score (nSPS) is 18.2. The van der Waals surface area contributed by atoms with Crippen LogP contribution in [0.5, 0.6) is 0 Å². The van der Waals surface area contributed by atoms with Gasteiger partial charge in [-0.1, -0.05) is 18.2 Å². The van der Waals surface area contributed by atoms with Crippen molar-refractivity contribution < 1.29 is 9.53 Å². The first-order valence-corrected chi connectivity index (χ1v) is 8.71. The summed E-state index contributed by atoms with van der Waals surface area (Å²) in [5, 5.41) is 4.03. The Hall–Kier alpha value is -2.50. The molecule has 1 aromatic carbocycles. The third-order valence-corrected chi connectivity index (χ3v) is 4.23. The third-order valence-electron chi connectivity index (χ3n) is 4.23. The van der Waals surface area contributed by atoms with E-state index in [0.29, 0.717) is 12.2 Å². The average Bonchev–Trinajstić information content (AvgIpc) is 2.53. The standard InChI is InChI=1S/C19H26N4O2/c1-19(2,3)25-18(24)22-13-7-6-10-23(12-13)17-14-8-4-5-9-16(14)21-11-15(17)20/h4-5,8-9,11,13H,6-7,10,12,20H2,1-3H3,(H,22,24). The second-order valence-corrected chi connectivity index (χ2v) is 7.51. The lowest BCUT2D eigenvalue weighted by molar-refractivity contribution is 0.0500. The van der Waals surface area contributed by atoms with Gasteiger partial charge < -0.3 is 20.7 Å². The molecule has 134 valence electrons. The summed E-state index contributed by atoms with van der Waals surface area (Å²) in [6, 6.07) is 8.03. The number of anilines is 2. The van der Waals surface area contributed by atoms with Gasteiger partial charge in [-0.2, -0.15) is 0 Å². The van der Waals surface area contributed by atoms with Crippen LogP contribution in [-0.4, -0.2) is 35.8 Å². The summed E-state index contributed by atoms with van der Waals surface area (Å²) in [5.74, 6) is 0. The zero-order valence-corrected chi connectivity index (χ0v) is 15.1. The largest absolute Gasteiger partial charge is 0.444 e. The number of fused-ring (bicyclic) bond motifs is 1. The summed E-state index contributed by atoms with van der Waals surface area (Å²) in [4.78, 5) is 18.7. The van der Waals surface area contributed by atoms with Gasteiger partial charge in [0.05, 0.1) is 23.1 Å². The Kier molecular flexibility index (Phi) is 4.70. The molecule has 6 heteroatoms. The van der Waals surface area contributed by atoms with Crippen molar-refractivity contribution in [2.75, 3.05) is 23.7 Å². The monoisotopic (exact) mass is 342 g/mol. The Morgan fingerprint density at radius 2 is 2.12 bits per heavy atom. The molecule has 3 N–H and O–H groups in total. The van der Waals surface area contributed by atoms with Crippen LogP contribution < -0.4 is 16.0 Å². The van der Waals surface area contributed by atoms with Crippen molar-refractivity contribution >= 4 is 28.4 Å². The van der Waals surface area contributed by atoms with Gasteiger partial charge in [0.25, 0.3) is 0 Å². The SMILES string of the molecule is CC(C)(C)OC(=O)NC1CCCN(c2c(N)cnc3ccccc23)C1. The number of nitrogen functional groups attached to an aromatic ring is 1. The topological polar surface area (TPSA) is 80.5 Å². The Morgan fingerprint density at radius 1 is 1.36 bits per heavy atom. The lowest BCUT2D eigenvalue weighted by Crippen LogP contribution is -2.49. The fourth-order valence-corrected chi connectivity index (χ4v) is 3.27. The third kappa shape index (κ3) is 4.13. The predicted octanol–water partition coefficient (Wildman–Crippen LogP) is 3.31. The number of nitrogens with zero attached hydrogens (tertiary/aromatic N) is 2. The quantitative estimate of drug-likeness (QED) is 0.875.